The first-order valence-corrected chi connectivity index (χ1v) is 14.9. The van der Waals surface area contributed by atoms with E-state index in [0.717, 1.165) is 48.1 Å². The topological polar surface area (TPSA) is 90.9 Å². The molecule has 3 atom stereocenters. The van der Waals surface area contributed by atoms with Gasteiger partial charge in [-0.3, -0.25) is 9.59 Å². The number of aryl methyl sites for hydroxylation is 1. The van der Waals surface area contributed by atoms with Gasteiger partial charge in [0.1, 0.15) is 17.9 Å². The Bertz CT molecular complexity index is 1400. The molecule has 214 valence electrons. The smallest absolute Gasteiger partial charge is 0.254 e. The zero-order chi connectivity index (χ0) is 28.4. The Labute approximate surface area is 241 Å². The number of hydrogen-bond acceptors (Lipinski definition) is 5. The van der Waals surface area contributed by atoms with Gasteiger partial charge < -0.3 is 25.4 Å². The normalized spacial score (nSPS) is 20.0. The number of aliphatic hydroxyl groups excluding tert-OH is 1. The molecule has 0 unspecified atom stereocenters. The highest BCUT2D eigenvalue weighted by molar-refractivity contribution is 6.00. The number of carbonyl (C=O) groups is 2. The third-order valence-electron chi connectivity index (χ3n) is 8.94. The molecule has 3 aliphatic rings. The van der Waals surface area contributed by atoms with Crippen LogP contribution in [0.15, 0.2) is 72.8 Å². The Hall–Kier alpha value is -3.68. The quantitative estimate of drug-likeness (QED) is 0.348. The van der Waals surface area contributed by atoms with Crippen molar-refractivity contribution in [2.24, 2.45) is 0 Å². The van der Waals surface area contributed by atoms with Gasteiger partial charge >= 0.3 is 0 Å². The number of carbonyl (C=O) groups excluding carboxylic acids is 2. The number of nitrogens with one attached hydrogen (secondary N) is 2. The van der Waals surface area contributed by atoms with Crippen molar-refractivity contribution in [2.75, 3.05) is 13.1 Å². The molecule has 0 bridgehead atoms. The van der Waals surface area contributed by atoms with E-state index in [0.29, 0.717) is 25.1 Å². The molecule has 3 N–H and O–H groups in total. The predicted octanol–water partition coefficient (Wildman–Crippen LogP) is 4.33. The van der Waals surface area contributed by atoms with Crippen molar-refractivity contribution in [1.82, 2.24) is 15.5 Å². The molecule has 0 aromatic heterocycles. The Balaban J connectivity index is 1.15. The van der Waals surface area contributed by atoms with Gasteiger partial charge in [0.15, 0.2) is 0 Å². The third kappa shape index (κ3) is 5.88. The molecule has 1 aliphatic carbocycles. The molecule has 0 radical (unpaired) electrons. The standard InChI is InChI=1S/C34H39N3O4/c1-2-23-13-14-31-27(17-23)29(19-34(41-31)15-8-16-34)35-20-30(38)28(18-24-9-4-3-5-10-24)36-32(39)22-37-21-25-11-6-7-12-26(25)33(37)40/h3-7,9-14,17,28-30,35,38H,2,8,15-16,18-22H2,1H3,(H,36,39)/t28-,29-,30+/m0/s1. The van der Waals surface area contributed by atoms with Crippen LogP contribution in [0.25, 0.3) is 0 Å². The first-order valence-electron chi connectivity index (χ1n) is 14.9. The van der Waals surface area contributed by atoms with Gasteiger partial charge in [0.25, 0.3) is 5.91 Å². The van der Waals surface area contributed by atoms with E-state index in [-0.39, 0.29) is 30.0 Å². The second-order valence-electron chi connectivity index (χ2n) is 11.8. The van der Waals surface area contributed by atoms with E-state index < -0.39 is 12.1 Å². The molecular formula is C34H39N3O4. The minimum atomic E-state index is -0.830. The fourth-order valence-electron chi connectivity index (χ4n) is 6.42. The number of nitrogens with zero attached hydrogens (tertiary/aromatic N) is 1. The SMILES string of the molecule is CCc1ccc2c(c1)[C@@H](NC[C@@H](O)[C@H](Cc1ccccc1)NC(=O)CN1Cc3ccccc3C1=O)CC1(CCC1)O2. The lowest BCUT2D eigenvalue weighted by molar-refractivity contribution is -0.123. The van der Waals surface area contributed by atoms with E-state index in [1.54, 1.807) is 11.0 Å². The monoisotopic (exact) mass is 553 g/mol. The lowest BCUT2D eigenvalue weighted by Gasteiger charge is -2.48. The van der Waals surface area contributed by atoms with Crippen LogP contribution in [-0.4, -0.2) is 52.7 Å². The van der Waals surface area contributed by atoms with E-state index in [1.165, 1.54) is 12.0 Å². The highest BCUT2D eigenvalue weighted by Gasteiger charge is 2.45. The molecule has 6 rings (SSSR count). The molecule has 2 aliphatic heterocycles. The van der Waals surface area contributed by atoms with Crippen molar-refractivity contribution in [3.8, 4) is 5.75 Å². The van der Waals surface area contributed by atoms with Crippen LogP contribution < -0.4 is 15.4 Å². The largest absolute Gasteiger partial charge is 0.487 e. The van der Waals surface area contributed by atoms with Gasteiger partial charge in [-0.1, -0.05) is 67.6 Å². The van der Waals surface area contributed by atoms with Gasteiger partial charge in [-0.05, 0) is 60.9 Å². The number of fused-ring (bicyclic) bond motifs is 2. The molecular weight excluding hydrogens is 514 g/mol. The molecule has 7 nitrogen and oxygen atoms in total. The van der Waals surface area contributed by atoms with E-state index >= 15 is 0 Å². The summed E-state index contributed by atoms with van der Waals surface area (Å²) >= 11 is 0. The average Bonchev–Trinajstić information content (AvgIpc) is 3.29. The molecule has 1 spiro atoms. The molecule has 3 aromatic rings. The molecule has 7 heteroatoms. The van der Waals surface area contributed by atoms with Crippen molar-refractivity contribution >= 4 is 11.8 Å². The minimum Gasteiger partial charge on any atom is -0.487 e. The van der Waals surface area contributed by atoms with E-state index in [9.17, 15) is 14.7 Å². The number of ether oxygens (including phenoxy) is 1. The fraction of sp³-hybridized carbons (Fsp3) is 0.412. The lowest BCUT2D eigenvalue weighted by Crippen LogP contribution is -2.53. The molecule has 0 saturated heterocycles. The van der Waals surface area contributed by atoms with Gasteiger partial charge in [-0.25, -0.2) is 0 Å². The Morgan fingerprint density at radius 1 is 1.07 bits per heavy atom. The Morgan fingerprint density at radius 2 is 1.85 bits per heavy atom. The Morgan fingerprint density at radius 3 is 2.59 bits per heavy atom. The van der Waals surface area contributed by atoms with Crippen molar-refractivity contribution in [2.45, 2.75) is 75.8 Å². The van der Waals surface area contributed by atoms with E-state index in [2.05, 4.69) is 35.8 Å². The summed E-state index contributed by atoms with van der Waals surface area (Å²) < 4.78 is 6.47. The summed E-state index contributed by atoms with van der Waals surface area (Å²) in [5.41, 5.74) is 4.89. The van der Waals surface area contributed by atoms with E-state index in [1.807, 2.05) is 48.5 Å². The maximum absolute atomic E-state index is 13.2. The number of aliphatic hydroxyl groups is 1. The molecule has 41 heavy (non-hydrogen) atoms. The molecule has 2 amide bonds. The highest BCUT2D eigenvalue weighted by Crippen LogP contribution is 2.49. The first kappa shape index (κ1) is 27.5. The van der Waals surface area contributed by atoms with Crippen molar-refractivity contribution < 1.29 is 19.4 Å². The summed E-state index contributed by atoms with van der Waals surface area (Å²) in [6.45, 7) is 2.84. The zero-order valence-electron chi connectivity index (χ0n) is 23.6. The summed E-state index contributed by atoms with van der Waals surface area (Å²) in [7, 11) is 0. The van der Waals surface area contributed by atoms with Crippen LogP contribution in [0.4, 0.5) is 0 Å². The summed E-state index contributed by atoms with van der Waals surface area (Å²) in [4.78, 5) is 27.6. The van der Waals surface area contributed by atoms with Crippen LogP contribution in [-0.2, 0) is 24.2 Å². The summed E-state index contributed by atoms with van der Waals surface area (Å²) in [6, 6.07) is 23.3. The summed E-state index contributed by atoms with van der Waals surface area (Å²) in [6.07, 6.45) is 4.74. The van der Waals surface area contributed by atoms with E-state index in [4.69, 9.17) is 4.74 Å². The van der Waals surface area contributed by atoms with Crippen LogP contribution in [0.1, 0.15) is 71.3 Å². The highest BCUT2D eigenvalue weighted by atomic mass is 16.5. The van der Waals surface area contributed by atoms with Gasteiger partial charge in [-0.15, -0.1) is 0 Å². The predicted molar refractivity (Wildman–Crippen MR) is 158 cm³/mol. The van der Waals surface area contributed by atoms with Crippen LogP contribution in [0.5, 0.6) is 5.75 Å². The maximum atomic E-state index is 13.2. The number of amides is 2. The zero-order valence-corrected chi connectivity index (χ0v) is 23.6. The number of rotatable bonds is 10. The van der Waals surface area contributed by atoms with Crippen LogP contribution >= 0.6 is 0 Å². The number of benzene rings is 3. The van der Waals surface area contributed by atoms with Gasteiger partial charge in [0.2, 0.25) is 5.91 Å². The van der Waals surface area contributed by atoms with Crippen LogP contribution in [0.3, 0.4) is 0 Å². The second kappa shape index (κ2) is 11.7. The van der Waals surface area contributed by atoms with Crippen molar-refractivity contribution in [1.29, 1.82) is 0 Å². The molecule has 1 saturated carbocycles. The minimum absolute atomic E-state index is 0.0470. The Kier molecular flexibility index (Phi) is 7.82. The van der Waals surface area contributed by atoms with Crippen LogP contribution in [0.2, 0.25) is 0 Å². The van der Waals surface area contributed by atoms with Crippen LogP contribution in [0, 0.1) is 0 Å². The summed E-state index contributed by atoms with van der Waals surface area (Å²) in [5, 5.41) is 18.2. The van der Waals surface area contributed by atoms with Crippen molar-refractivity contribution in [3.05, 3.63) is 101 Å². The molecule has 2 heterocycles. The lowest BCUT2D eigenvalue weighted by atomic mass is 9.72. The average molecular weight is 554 g/mol. The summed E-state index contributed by atoms with van der Waals surface area (Å²) in [5.74, 6) is 0.529. The second-order valence-corrected chi connectivity index (χ2v) is 11.8. The maximum Gasteiger partial charge on any atom is 0.254 e. The van der Waals surface area contributed by atoms with Gasteiger partial charge in [0, 0.05) is 36.7 Å². The number of hydrogen-bond donors (Lipinski definition) is 3. The fourth-order valence-corrected chi connectivity index (χ4v) is 6.42. The molecule has 3 aromatic carbocycles. The molecule has 1 fully saturated rings. The third-order valence-corrected chi connectivity index (χ3v) is 8.94. The van der Waals surface area contributed by atoms with Crippen molar-refractivity contribution in [3.63, 3.8) is 0 Å². The van der Waals surface area contributed by atoms with Gasteiger partial charge in [0.05, 0.1) is 12.1 Å². The first-order chi connectivity index (χ1) is 19.9. The van der Waals surface area contributed by atoms with Gasteiger partial charge in [-0.2, -0.15) is 0 Å².